The monoisotopic (exact) mass is 311 g/mol. The van der Waals surface area contributed by atoms with Crippen molar-refractivity contribution >= 4 is 22.4 Å². The van der Waals surface area contributed by atoms with Crippen LogP contribution >= 0.6 is 0 Å². The lowest BCUT2D eigenvalue weighted by molar-refractivity contribution is 0.358. The number of methoxy groups -OCH3 is 2. The van der Waals surface area contributed by atoms with Crippen LogP contribution in [-0.4, -0.2) is 29.3 Å². The molecule has 0 aliphatic heterocycles. The zero-order valence-corrected chi connectivity index (χ0v) is 13.1. The van der Waals surface area contributed by atoms with Gasteiger partial charge in [-0.25, -0.2) is 9.97 Å². The van der Waals surface area contributed by atoms with Gasteiger partial charge in [-0.15, -0.1) is 0 Å². The molecule has 6 heteroatoms. The third-order valence-electron chi connectivity index (χ3n) is 3.55. The molecule has 0 atom stereocenters. The SMILES string of the molecule is COc1ccc2c(Nc3cc(C)ccc3O)ncnc2c1OC. The van der Waals surface area contributed by atoms with E-state index in [2.05, 4.69) is 15.3 Å². The predicted molar refractivity (Wildman–Crippen MR) is 88.8 cm³/mol. The van der Waals surface area contributed by atoms with Gasteiger partial charge in [-0.2, -0.15) is 0 Å². The number of phenols is 1. The maximum Gasteiger partial charge on any atom is 0.187 e. The van der Waals surface area contributed by atoms with Gasteiger partial charge in [0.2, 0.25) is 0 Å². The molecule has 118 valence electrons. The average Bonchev–Trinajstić information content (AvgIpc) is 2.57. The van der Waals surface area contributed by atoms with Crippen LogP contribution in [0, 0.1) is 6.92 Å². The Bertz CT molecular complexity index is 865. The number of aromatic nitrogens is 2. The lowest BCUT2D eigenvalue weighted by Crippen LogP contribution is -1.99. The summed E-state index contributed by atoms with van der Waals surface area (Å²) in [7, 11) is 3.15. The molecule has 23 heavy (non-hydrogen) atoms. The highest BCUT2D eigenvalue weighted by atomic mass is 16.5. The van der Waals surface area contributed by atoms with Gasteiger partial charge in [0, 0.05) is 5.39 Å². The molecule has 0 radical (unpaired) electrons. The van der Waals surface area contributed by atoms with Crippen molar-refractivity contribution in [3.63, 3.8) is 0 Å². The Morgan fingerprint density at radius 3 is 2.61 bits per heavy atom. The van der Waals surface area contributed by atoms with Crippen molar-refractivity contribution in [3.8, 4) is 17.2 Å². The van der Waals surface area contributed by atoms with Crippen molar-refractivity contribution < 1.29 is 14.6 Å². The normalized spacial score (nSPS) is 10.6. The van der Waals surface area contributed by atoms with E-state index in [9.17, 15) is 5.11 Å². The summed E-state index contributed by atoms with van der Waals surface area (Å²) in [6.07, 6.45) is 1.44. The van der Waals surface area contributed by atoms with Gasteiger partial charge in [0.05, 0.1) is 19.9 Å². The van der Waals surface area contributed by atoms with Gasteiger partial charge < -0.3 is 19.9 Å². The van der Waals surface area contributed by atoms with E-state index in [4.69, 9.17) is 9.47 Å². The summed E-state index contributed by atoms with van der Waals surface area (Å²) >= 11 is 0. The van der Waals surface area contributed by atoms with E-state index < -0.39 is 0 Å². The highest BCUT2D eigenvalue weighted by Crippen LogP contribution is 2.37. The van der Waals surface area contributed by atoms with Crippen molar-refractivity contribution in [2.75, 3.05) is 19.5 Å². The van der Waals surface area contributed by atoms with Crippen molar-refractivity contribution in [1.82, 2.24) is 9.97 Å². The summed E-state index contributed by atoms with van der Waals surface area (Å²) in [6, 6.07) is 8.98. The first-order valence-corrected chi connectivity index (χ1v) is 7.06. The zero-order chi connectivity index (χ0) is 16.4. The molecule has 0 saturated heterocycles. The molecule has 0 saturated carbocycles. The molecule has 2 aromatic carbocycles. The quantitative estimate of drug-likeness (QED) is 0.719. The Balaban J connectivity index is 2.13. The van der Waals surface area contributed by atoms with Gasteiger partial charge in [0.1, 0.15) is 23.4 Å². The third-order valence-corrected chi connectivity index (χ3v) is 3.55. The second kappa shape index (κ2) is 6.00. The van der Waals surface area contributed by atoms with Gasteiger partial charge in [-0.05, 0) is 36.8 Å². The molecule has 1 aromatic heterocycles. The number of nitrogens with one attached hydrogen (secondary N) is 1. The molecular weight excluding hydrogens is 294 g/mol. The molecule has 3 aromatic rings. The molecule has 0 amide bonds. The van der Waals surface area contributed by atoms with Gasteiger partial charge in [0.15, 0.2) is 11.5 Å². The van der Waals surface area contributed by atoms with E-state index in [0.717, 1.165) is 10.9 Å². The molecular formula is C17H17N3O3. The van der Waals surface area contributed by atoms with Crippen LogP contribution in [0.25, 0.3) is 10.9 Å². The van der Waals surface area contributed by atoms with E-state index in [-0.39, 0.29) is 5.75 Å². The fourth-order valence-corrected chi connectivity index (χ4v) is 2.42. The number of rotatable bonds is 4. The summed E-state index contributed by atoms with van der Waals surface area (Å²) in [4.78, 5) is 8.56. The summed E-state index contributed by atoms with van der Waals surface area (Å²) in [6.45, 7) is 1.95. The Hall–Kier alpha value is -3.02. The minimum absolute atomic E-state index is 0.155. The first-order chi connectivity index (χ1) is 11.1. The first kappa shape index (κ1) is 14.9. The van der Waals surface area contributed by atoms with Crippen LogP contribution < -0.4 is 14.8 Å². The number of hydrogen-bond donors (Lipinski definition) is 2. The number of aryl methyl sites for hydroxylation is 1. The molecule has 0 unspecified atom stereocenters. The van der Waals surface area contributed by atoms with Gasteiger partial charge in [0.25, 0.3) is 0 Å². The van der Waals surface area contributed by atoms with Gasteiger partial charge in [-0.1, -0.05) is 6.07 Å². The van der Waals surface area contributed by atoms with E-state index in [1.54, 1.807) is 26.4 Å². The number of phenolic OH excluding ortho intramolecular Hbond substituents is 1. The fourth-order valence-electron chi connectivity index (χ4n) is 2.42. The molecule has 6 nitrogen and oxygen atoms in total. The Labute approximate surface area is 133 Å². The predicted octanol–water partition coefficient (Wildman–Crippen LogP) is 3.40. The molecule has 0 aliphatic carbocycles. The molecule has 0 bridgehead atoms. The molecule has 0 fully saturated rings. The maximum absolute atomic E-state index is 10.0. The van der Waals surface area contributed by atoms with Crippen LogP contribution in [-0.2, 0) is 0 Å². The van der Waals surface area contributed by atoms with Crippen molar-refractivity contribution in [2.45, 2.75) is 6.92 Å². The first-order valence-electron chi connectivity index (χ1n) is 7.06. The number of nitrogens with zero attached hydrogens (tertiary/aromatic N) is 2. The topological polar surface area (TPSA) is 76.5 Å². The van der Waals surface area contributed by atoms with Crippen molar-refractivity contribution in [1.29, 1.82) is 0 Å². The van der Waals surface area contributed by atoms with Crippen molar-refractivity contribution in [3.05, 3.63) is 42.2 Å². The van der Waals surface area contributed by atoms with Crippen LogP contribution in [0.15, 0.2) is 36.7 Å². The molecule has 1 heterocycles. The molecule has 0 aliphatic rings. The third kappa shape index (κ3) is 2.70. The Morgan fingerprint density at radius 1 is 1.04 bits per heavy atom. The minimum atomic E-state index is 0.155. The van der Waals surface area contributed by atoms with Crippen LogP contribution in [0.3, 0.4) is 0 Å². The lowest BCUT2D eigenvalue weighted by atomic mass is 10.1. The van der Waals surface area contributed by atoms with Crippen LogP contribution in [0.2, 0.25) is 0 Å². The number of hydrogen-bond acceptors (Lipinski definition) is 6. The fraction of sp³-hybridized carbons (Fsp3) is 0.176. The van der Waals surface area contributed by atoms with E-state index in [0.29, 0.717) is 28.5 Å². The standard InChI is InChI=1S/C17H17N3O3/c1-10-4-6-13(21)12(8-10)20-17-11-5-7-14(22-2)16(23-3)15(11)18-9-19-17/h4-9,21H,1-3H3,(H,18,19,20). The summed E-state index contributed by atoms with van der Waals surface area (Å²) in [5.41, 5.74) is 2.25. The molecule has 3 rings (SSSR count). The smallest absolute Gasteiger partial charge is 0.187 e. The highest BCUT2D eigenvalue weighted by molar-refractivity contribution is 5.96. The van der Waals surface area contributed by atoms with Crippen LogP contribution in [0.5, 0.6) is 17.2 Å². The van der Waals surface area contributed by atoms with E-state index >= 15 is 0 Å². The van der Waals surface area contributed by atoms with E-state index in [1.807, 2.05) is 25.1 Å². The second-order valence-electron chi connectivity index (χ2n) is 5.07. The van der Waals surface area contributed by atoms with E-state index in [1.165, 1.54) is 6.33 Å². The maximum atomic E-state index is 10.0. The number of benzene rings is 2. The summed E-state index contributed by atoms with van der Waals surface area (Å²) < 4.78 is 10.7. The second-order valence-corrected chi connectivity index (χ2v) is 5.07. The van der Waals surface area contributed by atoms with Crippen LogP contribution in [0.4, 0.5) is 11.5 Å². The molecule has 2 N–H and O–H groups in total. The lowest BCUT2D eigenvalue weighted by Gasteiger charge is -2.13. The highest BCUT2D eigenvalue weighted by Gasteiger charge is 2.14. The van der Waals surface area contributed by atoms with Crippen molar-refractivity contribution in [2.24, 2.45) is 0 Å². The summed E-state index contributed by atoms with van der Waals surface area (Å²) in [5.74, 6) is 1.88. The Morgan fingerprint density at radius 2 is 1.87 bits per heavy atom. The Kier molecular flexibility index (Phi) is 3.89. The van der Waals surface area contributed by atoms with Gasteiger partial charge >= 0.3 is 0 Å². The average molecular weight is 311 g/mol. The summed E-state index contributed by atoms with van der Waals surface area (Å²) in [5, 5.41) is 13.9. The minimum Gasteiger partial charge on any atom is -0.506 e. The van der Waals surface area contributed by atoms with Crippen LogP contribution in [0.1, 0.15) is 5.56 Å². The number of fused-ring (bicyclic) bond motifs is 1. The number of ether oxygens (including phenoxy) is 2. The molecule has 0 spiro atoms. The zero-order valence-electron chi connectivity index (χ0n) is 13.1. The largest absolute Gasteiger partial charge is 0.506 e. The number of anilines is 2. The van der Waals surface area contributed by atoms with Gasteiger partial charge in [-0.3, -0.25) is 0 Å². The number of aromatic hydroxyl groups is 1.